The van der Waals surface area contributed by atoms with Gasteiger partial charge in [-0.3, -0.25) is 4.98 Å². The van der Waals surface area contributed by atoms with Crippen molar-refractivity contribution in [2.45, 2.75) is 25.4 Å². The monoisotopic (exact) mass is 308 g/mol. The van der Waals surface area contributed by atoms with E-state index in [2.05, 4.69) is 48.7 Å². The number of hydrogen-bond donors (Lipinski definition) is 0. The first-order chi connectivity index (χ1) is 8.34. The summed E-state index contributed by atoms with van der Waals surface area (Å²) in [6.07, 6.45) is 6.35. The number of halogens is 1. The second-order valence-electron chi connectivity index (χ2n) is 4.32. The second kappa shape index (κ2) is 4.78. The first-order valence-corrected chi connectivity index (χ1v) is 7.45. The fraction of sp³-hybridized carbons (Fsp3) is 0.308. The van der Waals surface area contributed by atoms with Gasteiger partial charge in [-0.2, -0.15) is 11.3 Å². The van der Waals surface area contributed by atoms with E-state index in [1.54, 1.807) is 11.3 Å². The summed E-state index contributed by atoms with van der Waals surface area (Å²) in [5.74, 6) is 0. The number of pyridine rings is 1. The Hall–Kier alpha value is -0.870. The molecule has 0 spiro atoms. The third-order valence-electron chi connectivity index (χ3n) is 2.98. The fourth-order valence-electron chi connectivity index (χ4n) is 1.98. The van der Waals surface area contributed by atoms with Gasteiger partial charge in [-0.1, -0.05) is 0 Å². The summed E-state index contributed by atoms with van der Waals surface area (Å²) in [7, 11) is 0. The van der Waals surface area contributed by atoms with E-state index < -0.39 is 0 Å². The highest BCUT2D eigenvalue weighted by Gasteiger charge is 2.30. The molecule has 0 radical (unpaired) electrons. The fourth-order valence-corrected chi connectivity index (χ4v) is 3.12. The van der Waals surface area contributed by atoms with Crippen molar-refractivity contribution in [1.29, 1.82) is 0 Å². The summed E-state index contributed by atoms with van der Waals surface area (Å²) in [5, 5.41) is 4.37. The van der Waals surface area contributed by atoms with E-state index in [-0.39, 0.29) is 0 Å². The molecule has 0 atom stereocenters. The maximum Gasteiger partial charge on any atom is 0.0592 e. The average molecular weight is 309 g/mol. The van der Waals surface area contributed by atoms with Crippen LogP contribution < -0.4 is 4.90 Å². The molecular weight excluding hydrogens is 296 g/mol. The molecule has 4 heteroatoms. The van der Waals surface area contributed by atoms with Gasteiger partial charge in [0.2, 0.25) is 0 Å². The first kappa shape index (κ1) is 11.2. The van der Waals surface area contributed by atoms with Gasteiger partial charge in [0.1, 0.15) is 0 Å². The van der Waals surface area contributed by atoms with Gasteiger partial charge in [-0.05, 0) is 57.2 Å². The lowest BCUT2D eigenvalue weighted by Crippen LogP contribution is -2.25. The molecule has 3 rings (SSSR count). The molecule has 1 fully saturated rings. The average Bonchev–Trinajstić information content (AvgIpc) is 3.05. The largest absolute Gasteiger partial charge is 0.363 e. The third-order valence-corrected chi connectivity index (χ3v) is 4.32. The summed E-state index contributed by atoms with van der Waals surface area (Å²) in [5.41, 5.74) is 2.65. The van der Waals surface area contributed by atoms with E-state index in [0.29, 0.717) is 6.04 Å². The Morgan fingerprint density at radius 2 is 2.29 bits per heavy atom. The Morgan fingerprint density at radius 3 is 2.94 bits per heavy atom. The van der Waals surface area contributed by atoms with Crippen LogP contribution in [0.3, 0.4) is 0 Å². The van der Waals surface area contributed by atoms with E-state index >= 15 is 0 Å². The predicted molar refractivity (Wildman–Crippen MR) is 75.5 cm³/mol. The van der Waals surface area contributed by atoms with Crippen LogP contribution in [0, 0.1) is 0 Å². The SMILES string of the molecule is Brc1cnccc1N(Cc1ccsc1)C1CC1. The Balaban J connectivity index is 1.88. The van der Waals surface area contributed by atoms with Crippen molar-refractivity contribution in [2.24, 2.45) is 0 Å². The van der Waals surface area contributed by atoms with E-state index in [1.807, 2.05) is 12.4 Å². The zero-order valence-corrected chi connectivity index (χ0v) is 11.7. The predicted octanol–water partition coefficient (Wildman–Crippen LogP) is 4.07. The summed E-state index contributed by atoms with van der Waals surface area (Å²) >= 11 is 5.36. The molecule has 2 aromatic rings. The Morgan fingerprint density at radius 1 is 1.41 bits per heavy atom. The van der Waals surface area contributed by atoms with Crippen molar-refractivity contribution in [2.75, 3.05) is 4.90 Å². The van der Waals surface area contributed by atoms with Crippen LogP contribution in [0.1, 0.15) is 18.4 Å². The van der Waals surface area contributed by atoms with Crippen LogP contribution in [0.25, 0.3) is 0 Å². The number of nitrogens with zero attached hydrogens (tertiary/aromatic N) is 2. The number of anilines is 1. The molecule has 2 nitrogen and oxygen atoms in total. The minimum atomic E-state index is 0.702. The molecule has 88 valence electrons. The number of hydrogen-bond acceptors (Lipinski definition) is 3. The molecule has 17 heavy (non-hydrogen) atoms. The molecule has 0 unspecified atom stereocenters. The van der Waals surface area contributed by atoms with Crippen molar-refractivity contribution in [1.82, 2.24) is 4.98 Å². The van der Waals surface area contributed by atoms with Gasteiger partial charge in [0, 0.05) is 25.0 Å². The lowest BCUT2D eigenvalue weighted by Gasteiger charge is -2.25. The van der Waals surface area contributed by atoms with Gasteiger partial charge in [-0.25, -0.2) is 0 Å². The van der Waals surface area contributed by atoms with Gasteiger partial charge in [0.15, 0.2) is 0 Å². The summed E-state index contributed by atoms with van der Waals surface area (Å²) in [6, 6.07) is 5.00. The molecule has 0 N–H and O–H groups in total. The lowest BCUT2D eigenvalue weighted by atomic mass is 10.2. The van der Waals surface area contributed by atoms with E-state index in [9.17, 15) is 0 Å². The number of rotatable bonds is 4. The maximum atomic E-state index is 4.13. The molecular formula is C13H13BrN2S. The minimum Gasteiger partial charge on any atom is -0.363 e. The molecule has 1 aliphatic rings. The minimum absolute atomic E-state index is 0.702. The van der Waals surface area contributed by atoms with Crippen molar-refractivity contribution < 1.29 is 0 Å². The summed E-state index contributed by atoms with van der Waals surface area (Å²) < 4.78 is 1.09. The summed E-state index contributed by atoms with van der Waals surface area (Å²) in [6.45, 7) is 0.997. The van der Waals surface area contributed by atoms with Crippen LogP contribution >= 0.6 is 27.3 Å². The zero-order chi connectivity index (χ0) is 11.7. The molecule has 1 saturated carbocycles. The maximum absolute atomic E-state index is 4.13. The molecule has 0 aromatic carbocycles. The molecule has 2 heterocycles. The molecule has 0 amide bonds. The van der Waals surface area contributed by atoms with Gasteiger partial charge in [0.05, 0.1) is 10.2 Å². The van der Waals surface area contributed by atoms with Crippen molar-refractivity contribution >= 4 is 33.0 Å². The second-order valence-corrected chi connectivity index (χ2v) is 5.95. The zero-order valence-electron chi connectivity index (χ0n) is 9.34. The highest BCUT2D eigenvalue weighted by atomic mass is 79.9. The summed E-state index contributed by atoms with van der Waals surface area (Å²) in [4.78, 5) is 6.61. The van der Waals surface area contributed by atoms with Gasteiger partial charge in [-0.15, -0.1) is 0 Å². The highest BCUT2D eigenvalue weighted by Crippen LogP contribution is 2.36. The van der Waals surface area contributed by atoms with Crippen LogP contribution in [-0.2, 0) is 6.54 Å². The van der Waals surface area contributed by atoms with Crippen LogP contribution in [0.5, 0.6) is 0 Å². The highest BCUT2D eigenvalue weighted by molar-refractivity contribution is 9.10. The topological polar surface area (TPSA) is 16.1 Å². The smallest absolute Gasteiger partial charge is 0.0592 e. The third kappa shape index (κ3) is 2.53. The molecule has 0 saturated heterocycles. The quantitative estimate of drug-likeness (QED) is 0.846. The van der Waals surface area contributed by atoms with E-state index in [1.165, 1.54) is 24.1 Å². The normalized spacial score (nSPS) is 14.9. The van der Waals surface area contributed by atoms with Crippen molar-refractivity contribution in [3.05, 3.63) is 45.3 Å². The molecule has 1 aliphatic carbocycles. The first-order valence-electron chi connectivity index (χ1n) is 5.72. The Bertz CT molecular complexity index is 494. The number of thiophene rings is 1. The van der Waals surface area contributed by atoms with Crippen LogP contribution in [-0.4, -0.2) is 11.0 Å². The van der Waals surface area contributed by atoms with Gasteiger partial charge in [0.25, 0.3) is 0 Å². The Kier molecular flexibility index (Phi) is 3.16. The van der Waals surface area contributed by atoms with Crippen molar-refractivity contribution in [3.8, 4) is 0 Å². The Labute approximate surface area is 113 Å². The molecule has 0 aliphatic heterocycles. The molecule has 2 aromatic heterocycles. The number of aromatic nitrogens is 1. The van der Waals surface area contributed by atoms with Gasteiger partial charge >= 0.3 is 0 Å². The van der Waals surface area contributed by atoms with Crippen LogP contribution in [0.2, 0.25) is 0 Å². The van der Waals surface area contributed by atoms with Crippen LogP contribution in [0.15, 0.2) is 39.8 Å². The van der Waals surface area contributed by atoms with E-state index in [0.717, 1.165) is 11.0 Å². The van der Waals surface area contributed by atoms with E-state index in [4.69, 9.17) is 0 Å². The lowest BCUT2D eigenvalue weighted by molar-refractivity contribution is 0.793. The van der Waals surface area contributed by atoms with Gasteiger partial charge < -0.3 is 4.90 Å². The molecule has 0 bridgehead atoms. The van der Waals surface area contributed by atoms with Crippen molar-refractivity contribution in [3.63, 3.8) is 0 Å². The standard InChI is InChI=1S/C13H13BrN2S/c14-12-7-15-5-3-13(12)16(11-1-2-11)8-10-4-6-17-9-10/h3-7,9,11H,1-2,8H2. The van der Waals surface area contributed by atoms with Crippen LogP contribution in [0.4, 0.5) is 5.69 Å².